The number of nitrogens with zero attached hydrogens (tertiary/aromatic N) is 2. The second-order valence-corrected chi connectivity index (χ2v) is 6.29. The van der Waals surface area contributed by atoms with Crippen molar-refractivity contribution in [2.24, 2.45) is 5.41 Å². The van der Waals surface area contributed by atoms with Gasteiger partial charge in [0.25, 0.3) is 5.56 Å². The molecule has 2 rings (SSSR count). The lowest BCUT2D eigenvalue weighted by Gasteiger charge is -2.24. The zero-order chi connectivity index (χ0) is 13.9. The van der Waals surface area contributed by atoms with E-state index in [-0.39, 0.29) is 18.7 Å². The number of hydrogen-bond acceptors (Lipinski definition) is 4. The first-order valence-corrected chi connectivity index (χ1v) is 7.45. The molecule has 19 heavy (non-hydrogen) atoms. The van der Waals surface area contributed by atoms with E-state index in [1.54, 1.807) is 6.20 Å². The standard InChI is InChI=1S/C13H20BrN3O2/c1-13(4-2-3-5-13)9-15-10-8-16-17(6-7-18)12(19)11(10)14/h8,15,18H,2-7,9H2,1H3. The maximum absolute atomic E-state index is 12.0. The van der Waals surface area contributed by atoms with E-state index in [1.807, 2.05) is 0 Å². The average molecular weight is 330 g/mol. The Bertz CT molecular complexity index is 495. The van der Waals surface area contributed by atoms with E-state index in [0.717, 1.165) is 12.2 Å². The van der Waals surface area contributed by atoms with Gasteiger partial charge < -0.3 is 10.4 Å². The first kappa shape index (κ1) is 14.5. The molecular weight excluding hydrogens is 310 g/mol. The largest absolute Gasteiger partial charge is 0.394 e. The van der Waals surface area contributed by atoms with Gasteiger partial charge in [0, 0.05) is 6.54 Å². The van der Waals surface area contributed by atoms with Gasteiger partial charge >= 0.3 is 0 Å². The van der Waals surface area contributed by atoms with Crippen molar-refractivity contribution in [1.82, 2.24) is 9.78 Å². The predicted molar refractivity (Wildman–Crippen MR) is 78.3 cm³/mol. The first-order valence-electron chi connectivity index (χ1n) is 6.66. The van der Waals surface area contributed by atoms with Crippen LogP contribution in [-0.4, -0.2) is 28.0 Å². The molecule has 5 nitrogen and oxygen atoms in total. The number of aliphatic hydroxyl groups excluding tert-OH is 1. The SMILES string of the molecule is CC1(CNc2cnn(CCO)c(=O)c2Br)CCCC1. The maximum Gasteiger partial charge on any atom is 0.283 e. The van der Waals surface area contributed by atoms with E-state index < -0.39 is 0 Å². The Morgan fingerprint density at radius 2 is 2.21 bits per heavy atom. The van der Waals surface area contributed by atoms with Crippen LogP contribution in [0.1, 0.15) is 32.6 Å². The molecule has 1 fully saturated rings. The van der Waals surface area contributed by atoms with Crippen molar-refractivity contribution in [1.29, 1.82) is 0 Å². The Hall–Kier alpha value is -0.880. The molecule has 106 valence electrons. The summed E-state index contributed by atoms with van der Waals surface area (Å²) in [5, 5.41) is 16.2. The Balaban J connectivity index is 2.09. The highest BCUT2D eigenvalue weighted by Crippen LogP contribution is 2.37. The molecule has 1 heterocycles. The fourth-order valence-corrected chi connectivity index (χ4v) is 3.00. The summed E-state index contributed by atoms with van der Waals surface area (Å²) in [6, 6.07) is 0. The van der Waals surface area contributed by atoms with Crippen molar-refractivity contribution >= 4 is 21.6 Å². The Morgan fingerprint density at radius 1 is 1.53 bits per heavy atom. The lowest BCUT2D eigenvalue weighted by molar-refractivity contribution is 0.266. The summed E-state index contributed by atoms with van der Waals surface area (Å²) in [6.07, 6.45) is 6.67. The lowest BCUT2D eigenvalue weighted by Crippen LogP contribution is -2.28. The van der Waals surface area contributed by atoms with Crippen molar-refractivity contribution in [3.63, 3.8) is 0 Å². The zero-order valence-corrected chi connectivity index (χ0v) is 12.7. The monoisotopic (exact) mass is 329 g/mol. The highest BCUT2D eigenvalue weighted by atomic mass is 79.9. The Kier molecular flexibility index (Phi) is 4.62. The smallest absolute Gasteiger partial charge is 0.283 e. The van der Waals surface area contributed by atoms with Crippen LogP contribution in [0, 0.1) is 5.41 Å². The summed E-state index contributed by atoms with van der Waals surface area (Å²) in [4.78, 5) is 12.0. The number of aromatic nitrogens is 2. The van der Waals surface area contributed by atoms with Crippen LogP contribution in [0.25, 0.3) is 0 Å². The van der Waals surface area contributed by atoms with Crippen molar-refractivity contribution in [3.8, 4) is 0 Å². The first-order chi connectivity index (χ1) is 9.06. The average Bonchev–Trinajstić information content (AvgIpc) is 2.82. The molecule has 2 N–H and O–H groups in total. The number of halogens is 1. The molecule has 0 spiro atoms. The van der Waals surface area contributed by atoms with Crippen LogP contribution in [-0.2, 0) is 6.54 Å². The Morgan fingerprint density at radius 3 is 2.84 bits per heavy atom. The van der Waals surface area contributed by atoms with Crippen molar-refractivity contribution in [2.75, 3.05) is 18.5 Å². The molecule has 0 aromatic carbocycles. The molecule has 0 amide bonds. The quantitative estimate of drug-likeness (QED) is 0.866. The summed E-state index contributed by atoms with van der Waals surface area (Å²) in [5.41, 5.74) is 0.835. The van der Waals surface area contributed by atoms with Crippen LogP contribution in [0.5, 0.6) is 0 Å². The van der Waals surface area contributed by atoms with Gasteiger partial charge in [-0.2, -0.15) is 5.10 Å². The molecule has 1 aromatic rings. The molecule has 1 saturated carbocycles. The minimum absolute atomic E-state index is 0.0931. The molecule has 0 atom stereocenters. The third-order valence-corrected chi connectivity index (χ3v) is 4.58. The van der Waals surface area contributed by atoms with Gasteiger partial charge in [0.2, 0.25) is 0 Å². The van der Waals surface area contributed by atoms with Gasteiger partial charge in [-0.1, -0.05) is 19.8 Å². The molecule has 1 aliphatic rings. The van der Waals surface area contributed by atoms with Gasteiger partial charge in [-0.05, 0) is 34.2 Å². The Labute approximate surface area is 121 Å². The number of hydrogen-bond donors (Lipinski definition) is 2. The van der Waals surface area contributed by atoms with Crippen LogP contribution >= 0.6 is 15.9 Å². The topological polar surface area (TPSA) is 67.2 Å². The van der Waals surface area contributed by atoms with Gasteiger partial charge in [0.15, 0.2) is 0 Å². The molecule has 0 saturated heterocycles. The normalized spacial score (nSPS) is 17.6. The minimum Gasteiger partial charge on any atom is -0.394 e. The molecule has 1 aromatic heterocycles. The van der Waals surface area contributed by atoms with Crippen LogP contribution in [0.3, 0.4) is 0 Å². The van der Waals surface area contributed by atoms with Gasteiger partial charge in [-0.3, -0.25) is 4.79 Å². The third-order valence-electron chi connectivity index (χ3n) is 3.81. The summed E-state index contributed by atoms with van der Waals surface area (Å²) in [7, 11) is 0. The van der Waals surface area contributed by atoms with E-state index in [0.29, 0.717) is 9.89 Å². The number of nitrogens with one attached hydrogen (secondary N) is 1. The molecule has 0 radical (unpaired) electrons. The molecular formula is C13H20BrN3O2. The van der Waals surface area contributed by atoms with Crippen LogP contribution in [0.15, 0.2) is 15.5 Å². The predicted octanol–water partition coefficient (Wildman–Crippen LogP) is 1.99. The van der Waals surface area contributed by atoms with Crippen LogP contribution in [0.4, 0.5) is 5.69 Å². The van der Waals surface area contributed by atoms with E-state index in [2.05, 4.69) is 33.3 Å². The summed E-state index contributed by atoms with van der Waals surface area (Å²) in [6.45, 7) is 3.26. The van der Waals surface area contributed by atoms with Crippen molar-refractivity contribution < 1.29 is 5.11 Å². The molecule has 6 heteroatoms. The fraction of sp³-hybridized carbons (Fsp3) is 0.692. The minimum atomic E-state index is -0.212. The van der Waals surface area contributed by atoms with Crippen molar-refractivity contribution in [2.45, 2.75) is 39.2 Å². The second-order valence-electron chi connectivity index (χ2n) is 5.50. The second kappa shape index (κ2) is 6.05. The van der Waals surface area contributed by atoms with E-state index >= 15 is 0 Å². The highest BCUT2D eigenvalue weighted by molar-refractivity contribution is 9.10. The summed E-state index contributed by atoms with van der Waals surface area (Å²) >= 11 is 3.31. The molecule has 0 aliphatic heterocycles. The van der Waals surface area contributed by atoms with E-state index in [9.17, 15) is 4.79 Å². The number of aliphatic hydroxyl groups is 1. The van der Waals surface area contributed by atoms with Crippen LogP contribution in [0.2, 0.25) is 0 Å². The summed E-state index contributed by atoms with van der Waals surface area (Å²) in [5.74, 6) is 0. The number of rotatable bonds is 5. The lowest BCUT2D eigenvalue weighted by atomic mass is 9.89. The molecule has 0 bridgehead atoms. The van der Waals surface area contributed by atoms with Gasteiger partial charge in [0.1, 0.15) is 4.47 Å². The molecule has 1 aliphatic carbocycles. The van der Waals surface area contributed by atoms with Crippen molar-refractivity contribution in [3.05, 3.63) is 21.0 Å². The van der Waals surface area contributed by atoms with E-state index in [4.69, 9.17) is 5.11 Å². The van der Waals surface area contributed by atoms with Crippen LogP contribution < -0.4 is 10.9 Å². The van der Waals surface area contributed by atoms with Gasteiger partial charge in [-0.15, -0.1) is 0 Å². The maximum atomic E-state index is 12.0. The zero-order valence-electron chi connectivity index (χ0n) is 11.2. The molecule has 0 unspecified atom stereocenters. The fourth-order valence-electron chi connectivity index (χ4n) is 2.56. The number of anilines is 1. The van der Waals surface area contributed by atoms with E-state index in [1.165, 1.54) is 30.4 Å². The summed E-state index contributed by atoms with van der Waals surface area (Å²) < 4.78 is 1.74. The third kappa shape index (κ3) is 3.36. The van der Waals surface area contributed by atoms with Gasteiger partial charge in [-0.25, -0.2) is 4.68 Å². The van der Waals surface area contributed by atoms with Gasteiger partial charge in [0.05, 0.1) is 25.0 Å². The highest BCUT2D eigenvalue weighted by Gasteiger charge is 2.28.